The van der Waals surface area contributed by atoms with Gasteiger partial charge in [-0.25, -0.2) is 0 Å². The summed E-state index contributed by atoms with van der Waals surface area (Å²) in [5.41, 5.74) is 1.94. The molecule has 1 heterocycles. The van der Waals surface area contributed by atoms with E-state index >= 15 is 0 Å². The maximum atomic E-state index is 12.8. The second kappa shape index (κ2) is 8.43. The lowest BCUT2D eigenvalue weighted by Gasteiger charge is -2.26. The monoisotopic (exact) mass is 349 g/mol. The highest BCUT2D eigenvalue weighted by Crippen LogP contribution is 2.28. The SMILES string of the molecule is C[C@@H](NC(=O)/C=C\c1ccccc1)C(=O)N(Cc1cccnc1)C1CC1. The van der Waals surface area contributed by atoms with Gasteiger partial charge in [-0.1, -0.05) is 36.4 Å². The summed E-state index contributed by atoms with van der Waals surface area (Å²) >= 11 is 0. The van der Waals surface area contributed by atoms with Gasteiger partial charge in [0.2, 0.25) is 11.8 Å². The molecule has 134 valence electrons. The quantitative estimate of drug-likeness (QED) is 0.782. The number of rotatable bonds is 7. The van der Waals surface area contributed by atoms with Gasteiger partial charge >= 0.3 is 0 Å². The van der Waals surface area contributed by atoms with E-state index in [4.69, 9.17) is 0 Å². The number of nitrogens with one attached hydrogen (secondary N) is 1. The molecule has 0 unspecified atom stereocenters. The van der Waals surface area contributed by atoms with Crippen LogP contribution in [0.25, 0.3) is 6.08 Å². The minimum Gasteiger partial charge on any atom is -0.341 e. The Kier molecular flexibility index (Phi) is 5.79. The number of carbonyl (C=O) groups is 2. The molecule has 0 bridgehead atoms. The van der Waals surface area contributed by atoms with Crippen molar-refractivity contribution in [3.63, 3.8) is 0 Å². The third-order valence-corrected chi connectivity index (χ3v) is 4.30. The van der Waals surface area contributed by atoms with Crippen LogP contribution in [0.1, 0.15) is 30.9 Å². The maximum absolute atomic E-state index is 12.8. The molecule has 5 heteroatoms. The summed E-state index contributed by atoms with van der Waals surface area (Å²) < 4.78 is 0. The van der Waals surface area contributed by atoms with Crippen molar-refractivity contribution in [3.8, 4) is 0 Å². The van der Waals surface area contributed by atoms with E-state index in [0.29, 0.717) is 6.54 Å². The lowest BCUT2D eigenvalue weighted by atomic mass is 10.2. The summed E-state index contributed by atoms with van der Waals surface area (Å²) in [5, 5.41) is 2.77. The van der Waals surface area contributed by atoms with Gasteiger partial charge in [0, 0.05) is 31.1 Å². The summed E-state index contributed by atoms with van der Waals surface area (Å²) in [7, 11) is 0. The van der Waals surface area contributed by atoms with Crippen molar-refractivity contribution in [2.24, 2.45) is 0 Å². The van der Waals surface area contributed by atoms with Crippen LogP contribution in [0, 0.1) is 0 Å². The Bertz CT molecular complexity index is 770. The van der Waals surface area contributed by atoms with Gasteiger partial charge in [0.1, 0.15) is 6.04 Å². The second-order valence-corrected chi connectivity index (χ2v) is 6.53. The van der Waals surface area contributed by atoms with E-state index in [-0.39, 0.29) is 17.9 Å². The van der Waals surface area contributed by atoms with Crippen LogP contribution in [0.5, 0.6) is 0 Å². The average Bonchev–Trinajstić information content (AvgIpc) is 3.50. The number of amides is 2. The lowest BCUT2D eigenvalue weighted by Crippen LogP contribution is -2.47. The number of hydrogen-bond donors (Lipinski definition) is 1. The fourth-order valence-corrected chi connectivity index (χ4v) is 2.77. The van der Waals surface area contributed by atoms with E-state index in [9.17, 15) is 9.59 Å². The van der Waals surface area contributed by atoms with Crippen molar-refractivity contribution < 1.29 is 9.59 Å². The molecule has 1 saturated carbocycles. The van der Waals surface area contributed by atoms with Gasteiger partial charge in [-0.15, -0.1) is 0 Å². The van der Waals surface area contributed by atoms with Crippen molar-refractivity contribution in [2.75, 3.05) is 0 Å². The Hall–Kier alpha value is -2.95. The largest absolute Gasteiger partial charge is 0.341 e. The van der Waals surface area contributed by atoms with Crippen LogP contribution in [0.15, 0.2) is 60.9 Å². The molecule has 2 amide bonds. The van der Waals surface area contributed by atoms with E-state index in [2.05, 4.69) is 10.3 Å². The lowest BCUT2D eigenvalue weighted by molar-refractivity contribution is -0.136. The molecular weight excluding hydrogens is 326 g/mol. The van der Waals surface area contributed by atoms with Crippen LogP contribution in [-0.2, 0) is 16.1 Å². The number of aromatic nitrogens is 1. The van der Waals surface area contributed by atoms with Crippen LogP contribution >= 0.6 is 0 Å². The highest BCUT2D eigenvalue weighted by Gasteiger charge is 2.34. The third-order valence-electron chi connectivity index (χ3n) is 4.30. The topological polar surface area (TPSA) is 62.3 Å². The molecule has 1 aliphatic carbocycles. The Balaban J connectivity index is 1.58. The van der Waals surface area contributed by atoms with Gasteiger partial charge in [0.25, 0.3) is 0 Å². The Morgan fingerprint density at radius 1 is 1.23 bits per heavy atom. The van der Waals surface area contributed by atoms with Crippen molar-refractivity contribution in [1.29, 1.82) is 0 Å². The summed E-state index contributed by atoms with van der Waals surface area (Å²) in [6.07, 6.45) is 8.72. The van der Waals surface area contributed by atoms with Gasteiger partial charge in [-0.3, -0.25) is 14.6 Å². The first-order chi connectivity index (χ1) is 12.6. The molecule has 1 aromatic carbocycles. The average molecular weight is 349 g/mol. The standard InChI is InChI=1S/C21H23N3O2/c1-16(23-20(25)12-9-17-6-3-2-4-7-17)21(26)24(19-10-11-19)15-18-8-5-13-22-14-18/h2-9,12-14,16,19H,10-11,15H2,1H3,(H,23,25)/b12-9-/t16-/m1/s1. The predicted molar refractivity (Wildman–Crippen MR) is 101 cm³/mol. The van der Waals surface area contributed by atoms with Crippen molar-refractivity contribution >= 4 is 17.9 Å². The maximum Gasteiger partial charge on any atom is 0.245 e. The molecule has 1 N–H and O–H groups in total. The molecular formula is C21H23N3O2. The summed E-state index contributed by atoms with van der Waals surface area (Å²) in [6.45, 7) is 2.26. The molecule has 0 saturated heterocycles. The molecule has 2 aromatic rings. The molecule has 5 nitrogen and oxygen atoms in total. The van der Waals surface area contributed by atoms with Crippen LogP contribution in [0.3, 0.4) is 0 Å². The van der Waals surface area contributed by atoms with Gasteiger partial charge in [0.05, 0.1) is 0 Å². The van der Waals surface area contributed by atoms with Crippen molar-refractivity contribution in [1.82, 2.24) is 15.2 Å². The van der Waals surface area contributed by atoms with Crippen LogP contribution in [0.2, 0.25) is 0 Å². The Labute approximate surface area is 153 Å². The van der Waals surface area contributed by atoms with Crippen molar-refractivity contribution in [2.45, 2.75) is 38.4 Å². The highest BCUT2D eigenvalue weighted by molar-refractivity contribution is 5.95. The number of carbonyl (C=O) groups excluding carboxylic acids is 2. The van der Waals surface area contributed by atoms with Gasteiger partial charge in [0.15, 0.2) is 0 Å². The molecule has 0 spiro atoms. The first-order valence-corrected chi connectivity index (χ1v) is 8.86. The molecule has 1 atom stereocenters. The summed E-state index contributed by atoms with van der Waals surface area (Å²) in [6, 6.07) is 13.1. The van der Waals surface area contributed by atoms with Crippen LogP contribution in [-0.4, -0.2) is 33.8 Å². The number of pyridine rings is 1. The molecule has 26 heavy (non-hydrogen) atoms. The fraction of sp³-hybridized carbons (Fsp3) is 0.286. The van der Waals surface area contributed by atoms with Crippen LogP contribution < -0.4 is 5.32 Å². The molecule has 0 aliphatic heterocycles. The van der Waals surface area contributed by atoms with E-state index < -0.39 is 6.04 Å². The smallest absolute Gasteiger partial charge is 0.245 e. The van der Waals surface area contributed by atoms with E-state index in [0.717, 1.165) is 24.0 Å². The molecule has 1 aromatic heterocycles. The second-order valence-electron chi connectivity index (χ2n) is 6.53. The predicted octanol–water partition coefficient (Wildman–Crippen LogP) is 2.79. The number of nitrogens with zero attached hydrogens (tertiary/aromatic N) is 2. The third kappa shape index (κ3) is 5.02. The highest BCUT2D eigenvalue weighted by atomic mass is 16.2. The minimum atomic E-state index is -0.569. The first-order valence-electron chi connectivity index (χ1n) is 8.86. The van der Waals surface area contributed by atoms with Crippen molar-refractivity contribution in [3.05, 3.63) is 72.1 Å². The van der Waals surface area contributed by atoms with E-state index in [1.807, 2.05) is 47.4 Å². The van der Waals surface area contributed by atoms with Gasteiger partial charge in [-0.2, -0.15) is 0 Å². The number of hydrogen-bond acceptors (Lipinski definition) is 3. The first kappa shape index (κ1) is 17.9. The van der Waals surface area contributed by atoms with Gasteiger partial charge in [-0.05, 0) is 43.0 Å². The zero-order valence-electron chi connectivity index (χ0n) is 14.8. The number of benzene rings is 1. The van der Waals surface area contributed by atoms with E-state index in [1.54, 1.807) is 25.4 Å². The Morgan fingerprint density at radius 2 is 2.00 bits per heavy atom. The van der Waals surface area contributed by atoms with Gasteiger partial charge < -0.3 is 10.2 Å². The fourth-order valence-electron chi connectivity index (χ4n) is 2.77. The summed E-state index contributed by atoms with van der Waals surface area (Å²) in [4.78, 5) is 30.9. The van der Waals surface area contributed by atoms with Crippen LogP contribution in [0.4, 0.5) is 0 Å². The molecule has 1 fully saturated rings. The minimum absolute atomic E-state index is 0.0576. The normalized spacial score (nSPS) is 14.8. The zero-order chi connectivity index (χ0) is 18.4. The molecule has 0 radical (unpaired) electrons. The zero-order valence-corrected chi connectivity index (χ0v) is 14.8. The Morgan fingerprint density at radius 3 is 2.65 bits per heavy atom. The molecule has 3 rings (SSSR count). The van der Waals surface area contributed by atoms with E-state index in [1.165, 1.54) is 6.08 Å². The summed E-state index contributed by atoms with van der Waals surface area (Å²) in [5.74, 6) is -0.329. The molecule has 1 aliphatic rings.